The maximum atomic E-state index is 12.4. The van der Waals surface area contributed by atoms with Crippen LogP contribution in [0.15, 0.2) is 64.1 Å². The summed E-state index contributed by atoms with van der Waals surface area (Å²) in [6, 6.07) is 14.0. The number of nitrogens with zero attached hydrogens (tertiary/aromatic N) is 2. The lowest BCUT2D eigenvalue weighted by molar-refractivity contribution is 0.102. The van der Waals surface area contributed by atoms with E-state index in [1.807, 2.05) is 23.7 Å². The fourth-order valence-electron chi connectivity index (χ4n) is 2.63. The van der Waals surface area contributed by atoms with Crippen LogP contribution in [0, 0.1) is 0 Å². The molecule has 0 fully saturated rings. The first-order chi connectivity index (χ1) is 11.6. The number of nitrogens with one attached hydrogen (secondary N) is 1. The van der Waals surface area contributed by atoms with Gasteiger partial charge in [0.1, 0.15) is 11.1 Å². The van der Waals surface area contributed by atoms with Gasteiger partial charge in [0, 0.05) is 18.1 Å². The fourth-order valence-corrected chi connectivity index (χ4v) is 2.63. The predicted octanol–water partition coefficient (Wildman–Crippen LogP) is 2.93. The Morgan fingerprint density at radius 3 is 2.88 bits per heavy atom. The molecule has 118 valence electrons. The zero-order valence-corrected chi connectivity index (χ0v) is 12.8. The van der Waals surface area contributed by atoms with Crippen LogP contribution in [-0.2, 0) is 7.05 Å². The normalized spacial score (nSPS) is 11.0. The van der Waals surface area contributed by atoms with Gasteiger partial charge in [-0.1, -0.05) is 18.2 Å². The van der Waals surface area contributed by atoms with Crippen molar-refractivity contribution in [3.05, 3.63) is 70.8 Å². The number of hydrogen-bond donors (Lipinski definition) is 1. The molecule has 0 radical (unpaired) electrons. The highest BCUT2D eigenvalue weighted by atomic mass is 16.4. The summed E-state index contributed by atoms with van der Waals surface area (Å²) in [5.41, 5.74) is 2.05. The number of fused-ring (bicyclic) bond motifs is 2. The quantitative estimate of drug-likeness (QED) is 0.576. The molecule has 0 atom stereocenters. The third kappa shape index (κ3) is 2.34. The number of hydrogen-bond acceptors (Lipinski definition) is 4. The van der Waals surface area contributed by atoms with Crippen molar-refractivity contribution >= 4 is 33.6 Å². The van der Waals surface area contributed by atoms with Crippen molar-refractivity contribution in [1.29, 1.82) is 0 Å². The third-order valence-corrected chi connectivity index (χ3v) is 3.87. The van der Waals surface area contributed by atoms with Gasteiger partial charge in [-0.25, -0.2) is 9.78 Å². The van der Waals surface area contributed by atoms with Crippen LogP contribution in [0.3, 0.4) is 0 Å². The molecule has 0 spiro atoms. The minimum Gasteiger partial charge on any atom is -0.422 e. The average Bonchev–Trinajstić information content (AvgIpc) is 2.94. The lowest BCUT2D eigenvalue weighted by Gasteiger charge is -2.05. The van der Waals surface area contributed by atoms with Crippen molar-refractivity contribution in [2.45, 2.75) is 0 Å². The van der Waals surface area contributed by atoms with E-state index in [4.69, 9.17) is 4.42 Å². The van der Waals surface area contributed by atoms with Crippen LogP contribution in [-0.4, -0.2) is 15.5 Å². The Morgan fingerprint density at radius 1 is 1.17 bits per heavy atom. The van der Waals surface area contributed by atoms with Crippen LogP contribution in [0.4, 0.5) is 5.69 Å². The highest BCUT2D eigenvalue weighted by molar-refractivity contribution is 6.06. The summed E-state index contributed by atoms with van der Waals surface area (Å²) < 4.78 is 7.08. The fraction of sp³-hybridized carbons (Fsp3) is 0.0556. The molecular weight excluding hydrogens is 306 g/mol. The number of rotatable bonds is 2. The Kier molecular flexibility index (Phi) is 3.16. The Hall–Kier alpha value is -3.41. The predicted molar refractivity (Wildman–Crippen MR) is 91.2 cm³/mol. The molecule has 2 aromatic carbocycles. The second kappa shape index (κ2) is 5.34. The van der Waals surface area contributed by atoms with E-state index in [1.165, 1.54) is 6.07 Å². The molecule has 6 nitrogen and oxygen atoms in total. The summed E-state index contributed by atoms with van der Waals surface area (Å²) in [5, 5.41) is 3.41. The summed E-state index contributed by atoms with van der Waals surface area (Å²) in [7, 11) is 1.90. The van der Waals surface area contributed by atoms with Gasteiger partial charge in [-0.2, -0.15) is 0 Å². The molecule has 1 amide bonds. The van der Waals surface area contributed by atoms with Crippen molar-refractivity contribution in [1.82, 2.24) is 9.55 Å². The number of amides is 1. The van der Waals surface area contributed by atoms with Gasteiger partial charge in [0.15, 0.2) is 0 Å². The van der Waals surface area contributed by atoms with E-state index in [1.54, 1.807) is 36.7 Å². The summed E-state index contributed by atoms with van der Waals surface area (Å²) in [6.07, 6.45) is 1.70. The van der Waals surface area contributed by atoms with Crippen molar-refractivity contribution in [3.63, 3.8) is 0 Å². The first-order valence-corrected chi connectivity index (χ1v) is 7.37. The summed E-state index contributed by atoms with van der Waals surface area (Å²) >= 11 is 0. The standard InChI is InChI=1S/C18H13N3O3/c1-21-10-19-14-9-12(6-7-15(14)21)20-17(22)13-8-11-4-2-3-5-16(11)24-18(13)23/h2-10H,1H3,(H,20,22). The van der Waals surface area contributed by atoms with Crippen LogP contribution >= 0.6 is 0 Å². The number of aryl methyl sites for hydroxylation is 1. The van der Waals surface area contributed by atoms with E-state index in [9.17, 15) is 9.59 Å². The van der Waals surface area contributed by atoms with Crippen molar-refractivity contribution in [2.75, 3.05) is 5.32 Å². The zero-order valence-electron chi connectivity index (χ0n) is 12.8. The number of anilines is 1. The Bertz CT molecular complexity index is 1140. The molecule has 2 aromatic heterocycles. The molecule has 2 heterocycles. The molecule has 0 aliphatic rings. The molecular formula is C18H13N3O3. The van der Waals surface area contributed by atoms with Gasteiger partial charge in [-0.3, -0.25) is 4.79 Å². The largest absolute Gasteiger partial charge is 0.422 e. The minimum absolute atomic E-state index is 0.0326. The van der Waals surface area contributed by atoms with Gasteiger partial charge in [-0.15, -0.1) is 0 Å². The number of carbonyl (C=O) groups excluding carboxylic acids is 1. The van der Waals surface area contributed by atoms with Crippen molar-refractivity contribution in [3.8, 4) is 0 Å². The third-order valence-electron chi connectivity index (χ3n) is 3.87. The molecule has 0 unspecified atom stereocenters. The van der Waals surface area contributed by atoms with Crippen LogP contribution in [0.2, 0.25) is 0 Å². The van der Waals surface area contributed by atoms with Gasteiger partial charge in [0.25, 0.3) is 5.91 Å². The van der Waals surface area contributed by atoms with Gasteiger partial charge >= 0.3 is 5.63 Å². The summed E-state index contributed by atoms with van der Waals surface area (Å²) in [4.78, 5) is 28.7. The van der Waals surface area contributed by atoms with E-state index >= 15 is 0 Å². The first kappa shape index (κ1) is 14.2. The van der Waals surface area contributed by atoms with Crippen LogP contribution in [0.25, 0.3) is 22.0 Å². The Morgan fingerprint density at radius 2 is 2.00 bits per heavy atom. The topological polar surface area (TPSA) is 77.1 Å². The van der Waals surface area contributed by atoms with E-state index in [0.29, 0.717) is 16.7 Å². The second-order valence-corrected chi connectivity index (χ2v) is 5.50. The maximum absolute atomic E-state index is 12.4. The SMILES string of the molecule is Cn1cnc2cc(NC(=O)c3cc4ccccc4oc3=O)ccc21. The number of para-hydroxylation sites is 1. The summed E-state index contributed by atoms with van der Waals surface area (Å²) in [5.74, 6) is -0.509. The molecule has 0 saturated carbocycles. The molecule has 6 heteroatoms. The molecule has 1 N–H and O–H groups in total. The van der Waals surface area contributed by atoms with Crippen LogP contribution < -0.4 is 10.9 Å². The second-order valence-electron chi connectivity index (χ2n) is 5.50. The molecule has 4 aromatic rings. The molecule has 24 heavy (non-hydrogen) atoms. The number of carbonyl (C=O) groups is 1. The van der Waals surface area contributed by atoms with E-state index in [0.717, 1.165) is 11.0 Å². The maximum Gasteiger partial charge on any atom is 0.349 e. The molecule has 0 saturated heterocycles. The zero-order chi connectivity index (χ0) is 16.7. The van der Waals surface area contributed by atoms with E-state index in [-0.39, 0.29) is 5.56 Å². The molecule has 0 aliphatic heterocycles. The van der Waals surface area contributed by atoms with Crippen LogP contribution in [0.5, 0.6) is 0 Å². The Balaban J connectivity index is 1.70. The number of benzene rings is 2. The average molecular weight is 319 g/mol. The highest BCUT2D eigenvalue weighted by Crippen LogP contribution is 2.18. The van der Waals surface area contributed by atoms with E-state index < -0.39 is 11.5 Å². The van der Waals surface area contributed by atoms with Crippen molar-refractivity contribution < 1.29 is 9.21 Å². The number of imidazole rings is 1. The Labute approximate surface area is 136 Å². The first-order valence-electron chi connectivity index (χ1n) is 7.37. The van der Waals surface area contributed by atoms with E-state index in [2.05, 4.69) is 10.3 Å². The number of aromatic nitrogens is 2. The lowest BCUT2D eigenvalue weighted by Crippen LogP contribution is -2.20. The minimum atomic E-state index is -0.662. The van der Waals surface area contributed by atoms with Crippen LogP contribution in [0.1, 0.15) is 10.4 Å². The molecule has 0 bridgehead atoms. The monoisotopic (exact) mass is 319 g/mol. The van der Waals surface area contributed by atoms with Gasteiger partial charge in [0.2, 0.25) is 0 Å². The summed E-state index contributed by atoms with van der Waals surface area (Å²) in [6.45, 7) is 0. The van der Waals surface area contributed by atoms with Gasteiger partial charge in [-0.05, 0) is 30.3 Å². The highest BCUT2D eigenvalue weighted by Gasteiger charge is 2.14. The lowest BCUT2D eigenvalue weighted by atomic mass is 10.1. The van der Waals surface area contributed by atoms with Crippen molar-refractivity contribution in [2.24, 2.45) is 7.05 Å². The van der Waals surface area contributed by atoms with Gasteiger partial charge in [0.05, 0.1) is 17.4 Å². The molecule has 0 aliphatic carbocycles. The van der Waals surface area contributed by atoms with Gasteiger partial charge < -0.3 is 14.3 Å². The smallest absolute Gasteiger partial charge is 0.349 e. The molecule has 4 rings (SSSR count).